The molecule has 0 N–H and O–H groups in total. The van der Waals surface area contributed by atoms with E-state index in [-0.39, 0.29) is 17.2 Å². The molecule has 0 spiro atoms. The molecule has 0 saturated heterocycles. The maximum Gasteiger partial charge on any atom is 0.442 e. The lowest BCUT2D eigenvalue weighted by Crippen LogP contribution is -2.54. The third kappa shape index (κ3) is 7.38. The Morgan fingerprint density at radius 1 is 0.667 bits per heavy atom. The van der Waals surface area contributed by atoms with Gasteiger partial charge in [0.05, 0.1) is 10.1 Å². The van der Waals surface area contributed by atoms with E-state index in [1.807, 2.05) is 12.1 Å². The lowest BCUT2D eigenvalue weighted by molar-refractivity contribution is -0.202. The summed E-state index contributed by atoms with van der Waals surface area (Å²) in [6, 6.07) is 24.9. The number of alkyl halides is 4. The molecule has 3 aromatic rings. The molecule has 3 saturated carbocycles. The van der Waals surface area contributed by atoms with Crippen LogP contribution in [-0.4, -0.2) is 33.3 Å². The van der Waals surface area contributed by atoms with E-state index in [1.165, 1.54) is 21.6 Å². The van der Waals surface area contributed by atoms with Crippen molar-refractivity contribution < 1.29 is 38.6 Å². The molecule has 6 rings (SSSR count). The van der Waals surface area contributed by atoms with Crippen LogP contribution in [0.5, 0.6) is 5.75 Å². The van der Waals surface area contributed by atoms with Crippen molar-refractivity contribution in [1.29, 1.82) is 0 Å². The first-order valence-electron chi connectivity index (χ1n) is 15.2. The van der Waals surface area contributed by atoms with E-state index in [4.69, 9.17) is 0 Å². The van der Waals surface area contributed by atoms with Crippen molar-refractivity contribution in [2.24, 2.45) is 17.8 Å². The van der Waals surface area contributed by atoms with Crippen molar-refractivity contribution in [2.75, 3.05) is 0 Å². The molecule has 3 unspecified atom stereocenters. The van der Waals surface area contributed by atoms with E-state index in [2.05, 4.69) is 52.7 Å². The summed E-state index contributed by atoms with van der Waals surface area (Å²) in [4.78, 5) is 2.59. The molecular weight excluding hydrogens is 649 g/mol. The van der Waals surface area contributed by atoms with E-state index in [0.717, 1.165) is 43.5 Å². The van der Waals surface area contributed by atoms with Crippen LogP contribution in [0.3, 0.4) is 0 Å². The van der Waals surface area contributed by atoms with Crippen LogP contribution < -0.4 is 4.18 Å². The first-order chi connectivity index (χ1) is 21.3. The highest BCUT2D eigenvalue weighted by atomic mass is 32.2. The zero-order chi connectivity index (χ0) is 32.3. The monoisotopic (exact) mass is 685 g/mol. The molecule has 0 aromatic heterocycles. The standard InChI is InChI=1S/C21H26F4O5S2.C12H10S/c22-20(23,19-13-14-6-7-15(19)12-14)21(24,25)32(28,29)30-16-8-10-18(11-9-16)31(26,27)17-4-2-1-3-5-17;1-3-7-11(8-4-1)13-12-9-5-2-6-10-12/h8-11,14-15,17,19H,1-7,12-13H2;1-10H/p+1. The van der Waals surface area contributed by atoms with Crippen molar-refractivity contribution in [3.8, 4) is 5.75 Å². The SMILES string of the molecule is O=S(=O)(c1ccc(OS(=O)(=O)C(F)(F)C(F)(F)C2CC3CCC2C3)cc1)C1CCCCC1.c1ccc([SH+]c2ccccc2)cc1. The molecule has 3 aliphatic carbocycles. The van der Waals surface area contributed by atoms with Gasteiger partial charge in [-0.2, -0.15) is 26.0 Å². The van der Waals surface area contributed by atoms with E-state index in [1.54, 1.807) is 0 Å². The van der Waals surface area contributed by atoms with Gasteiger partial charge in [-0.1, -0.05) is 62.1 Å². The van der Waals surface area contributed by atoms with Gasteiger partial charge in [0, 0.05) is 17.7 Å². The van der Waals surface area contributed by atoms with Crippen molar-refractivity contribution in [2.45, 2.75) is 88.9 Å². The molecule has 12 heteroatoms. The fourth-order valence-electron chi connectivity index (χ4n) is 6.66. The molecular formula is C33H37F4O5S3+. The maximum atomic E-state index is 14.7. The summed E-state index contributed by atoms with van der Waals surface area (Å²) in [6.45, 7) is 0. The Kier molecular flexibility index (Phi) is 10.2. The Bertz CT molecular complexity index is 1590. The largest absolute Gasteiger partial charge is 0.442 e. The van der Waals surface area contributed by atoms with Crippen LogP contribution >= 0.6 is 0 Å². The highest BCUT2D eigenvalue weighted by Crippen LogP contribution is 2.58. The first-order valence-corrected chi connectivity index (χ1v) is 19.0. The van der Waals surface area contributed by atoms with Gasteiger partial charge in [0.1, 0.15) is 5.75 Å². The maximum absolute atomic E-state index is 14.7. The van der Waals surface area contributed by atoms with Gasteiger partial charge in [-0.3, -0.25) is 0 Å². The van der Waals surface area contributed by atoms with Gasteiger partial charge in [0.2, 0.25) is 0 Å². The average molecular weight is 686 g/mol. The summed E-state index contributed by atoms with van der Waals surface area (Å²) in [6.07, 6.45) is 4.92. The molecule has 3 atom stereocenters. The van der Waals surface area contributed by atoms with Crippen molar-refractivity contribution in [3.05, 3.63) is 84.9 Å². The Morgan fingerprint density at radius 3 is 1.71 bits per heavy atom. The molecule has 2 bridgehead atoms. The fourth-order valence-corrected chi connectivity index (χ4v) is 10.4. The minimum Gasteiger partial charge on any atom is -0.378 e. The lowest BCUT2D eigenvalue weighted by atomic mass is 9.84. The number of halogens is 4. The average Bonchev–Trinajstić information content (AvgIpc) is 3.68. The van der Waals surface area contributed by atoms with Gasteiger partial charge >= 0.3 is 21.3 Å². The van der Waals surface area contributed by atoms with Crippen LogP contribution in [0.1, 0.15) is 57.8 Å². The second kappa shape index (κ2) is 13.7. The van der Waals surface area contributed by atoms with Crippen LogP contribution in [0.4, 0.5) is 17.6 Å². The smallest absolute Gasteiger partial charge is 0.378 e. The minimum atomic E-state index is -6.03. The number of thiol groups is 1. The topological polar surface area (TPSA) is 77.5 Å². The van der Waals surface area contributed by atoms with Gasteiger partial charge in [-0.15, -0.1) is 0 Å². The lowest BCUT2D eigenvalue weighted by Gasteiger charge is -2.34. The highest BCUT2D eigenvalue weighted by Gasteiger charge is 2.72. The van der Waals surface area contributed by atoms with Gasteiger partial charge in [-0.05, 0) is 92.5 Å². The molecule has 45 heavy (non-hydrogen) atoms. The van der Waals surface area contributed by atoms with Gasteiger partial charge in [0.15, 0.2) is 19.6 Å². The van der Waals surface area contributed by atoms with E-state index < -0.39 is 54.0 Å². The second-order valence-electron chi connectivity index (χ2n) is 12.0. The third-order valence-corrected chi connectivity index (χ3v) is 13.7. The van der Waals surface area contributed by atoms with Crippen LogP contribution in [0.15, 0.2) is 99.6 Å². The normalized spacial score (nSPS) is 22.4. The predicted octanol–water partition coefficient (Wildman–Crippen LogP) is 8.09. The summed E-state index contributed by atoms with van der Waals surface area (Å²) in [5.41, 5.74) is 0. The van der Waals surface area contributed by atoms with Gasteiger partial charge in [0.25, 0.3) is 0 Å². The number of rotatable bonds is 9. The first kappa shape index (κ1) is 33.8. The Balaban J connectivity index is 0.000000256. The van der Waals surface area contributed by atoms with Crippen LogP contribution in [-0.2, 0) is 31.7 Å². The third-order valence-electron chi connectivity index (χ3n) is 9.03. The van der Waals surface area contributed by atoms with Crippen LogP contribution in [0.25, 0.3) is 0 Å². The predicted molar refractivity (Wildman–Crippen MR) is 167 cm³/mol. The summed E-state index contributed by atoms with van der Waals surface area (Å²) in [5.74, 6) is -7.82. The number of hydrogen-bond acceptors (Lipinski definition) is 5. The van der Waals surface area contributed by atoms with E-state index >= 15 is 0 Å². The number of sulfone groups is 1. The van der Waals surface area contributed by atoms with Crippen molar-refractivity contribution in [3.63, 3.8) is 0 Å². The highest BCUT2D eigenvalue weighted by molar-refractivity contribution is 7.92. The van der Waals surface area contributed by atoms with E-state index in [9.17, 15) is 34.4 Å². The van der Waals surface area contributed by atoms with Gasteiger partial charge < -0.3 is 4.18 Å². The van der Waals surface area contributed by atoms with E-state index in [0.29, 0.717) is 32.1 Å². The second-order valence-corrected chi connectivity index (χ2v) is 17.1. The summed E-state index contributed by atoms with van der Waals surface area (Å²) < 4.78 is 113. The number of hydrogen-bond donors (Lipinski definition) is 0. The molecule has 0 radical (unpaired) electrons. The Morgan fingerprint density at radius 2 is 1.22 bits per heavy atom. The van der Waals surface area contributed by atoms with Gasteiger partial charge in [-0.25, -0.2) is 8.42 Å². The molecule has 244 valence electrons. The molecule has 0 aliphatic heterocycles. The molecule has 0 amide bonds. The number of fused-ring (bicyclic) bond motifs is 2. The molecule has 3 fully saturated rings. The Labute approximate surface area is 266 Å². The molecule has 3 aromatic carbocycles. The molecule has 3 aliphatic rings. The Hall–Kier alpha value is -2.57. The van der Waals surface area contributed by atoms with Crippen LogP contribution in [0.2, 0.25) is 0 Å². The molecule has 5 nitrogen and oxygen atoms in total. The minimum absolute atomic E-state index is 0.0750. The molecule has 0 heterocycles. The number of benzene rings is 3. The summed E-state index contributed by atoms with van der Waals surface area (Å²) in [5, 5.41) is -5.97. The fraction of sp³-hybridized carbons (Fsp3) is 0.455. The summed E-state index contributed by atoms with van der Waals surface area (Å²) in [7, 11) is -9.69. The van der Waals surface area contributed by atoms with Crippen molar-refractivity contribution >= 4 is 31.7 Å². The summed E-state index contributed by atoms with van der Waals surface area (Å²) >= 11 is 1.28. The zero-order valence-electron chi connectivity index (χ0n) is 24.6. The van der Waals surface area contributed by atoms with Crippen molar-refractivity contribution in [1.82, 2.24) is 0 Å². The quantitative estimate of drug-likeness (QED) is 0.0986. The zero-order valence-corrected chi connectivity index (χ0v) is 27.1. The van der Waals surface area contributed by atoms with Crippen LogP contribution in [0, 0.1) is 17.8 Å².